The van der Waals surface area contributed by atoms with E-state index in [1.807, 2.05) is 6.92 Å². The molecule has 4 heteroatoms. The number of amides is 1. The van der Waals surface area contributed by atoms with Crippen LogP contribution in [0.25, 0.3) is 0 Å². The third kappa shape index (κ3) is 12.0. The minimum atomic E-state index is 0.466. The highest BCUT2D eigenvalue weighted by molar-refractivity contribution is 7.80. The first-order valence-corrected chi connectivity index (χ1v) is 7.29. The lowest BCUT2D eigenvalue weighted by molar-refractivity contribution is -0.110. The number of nitrogens with two attached hydrogens (primary N) is 1. The second-order valence-electron chi connectivity index (χ2n) is 4.12. The summed E-state index contributed by atoms with van der Waals surface area (Å²) in [6, 6.07) is 0.466. The van der Waals surface area contributed by atoms with Crippen molar-refractivity contribution in [2.75, 3.05) is 12.8 Å². The van der Waals surface area contributed by atoms with E-state index in [-0.39, 0.29) is 0 Å². The molecule has 1 fully saturated rings. The van der Waals surface area contributed by atoms with Gasteiger partial charge in [0.1, 0.15) is 0 Å². The Morgan fingerprint density at radius 1 is 1.35 bits per heavy atom. The molecule has 3 nitrogen and oxygen atoms in total. The molecule has 0 aromatic heterocycles. The normalized spacial score (nSPS) is 22.4. The van der Waals surface area contributed by atoms with Gasteiger partial charge in [-0.1, -0.05) is 39.5 Å². The summed E-state index contributed by atoms with van der Waals surface area (Å²) in [4.78, 5) is 10.2. The van der Waals surface area contributed by atoms with Gasteiger partial charge in [-0.15, -0.1) is 0 Å². The van der Waals surface area contributed by atoms with Crippen LogP contribution in [0.1, 0.15) is 52.4 Å². The fraction of sp³-hybridized carbons (Fsp3) is 0.923. The van der Waals surface area contributed by atoms with Crippen LogP contribution < -0.4 is 11.1 Å². The molecule has 1 aliphatic carbocycles. The molecule has 0 saturated heterocycles. The smallest absolute Gasteiger partial charge is 0.207 e. The number of rotatable bonds is 4. The zero-order chi connectivity index (χ0) is 13.5. The quantitative estimate of drug-likeness (QED) is 0.539. The lowest BCUT2D eigenvalue weighted by Gasteiger charge is -2.28. The number of hydrogen-bond donors (Lipinski definition) is 3. The van der Waals surface area contributed by atoms with Crippen molar-refractivity contribution in [3.05, 3.63) is 0 Å². The van der Waals surface area contributed by atoms with Crippen LogP contribution in [0.3, 0.4) is 0 Å². The lowest BCUT2D eigenvalue weighted by Crippen LogP contribution is -2.33. The molecule has 17 heavy (non-hydrogen) atoms. The summed E-state index contributed by atoms with van der Waals surface area (Å²) in [5, 5.41) is 2.89. The summed E-state index contributed by atoms with van der Waals surface area (Å²) < 4.78 is 0. The highest BCUT2D eigenvalue weighted by atomic mass is 32.1. The van der Waals surface area contributed by atoms with Crippen molar-refractivity contribution in [1.29, 1.82) is 0 Å². The topological polar surface area (TPSA) is 55.1 Å². The van der Waals surface area contributed by atoms with E-state index in [9.17, 15) is 4.79 Å². The second kappa shape index (κ2) is 15.8. The predicted molar refractivity (Wildman–Crippen MR) is 79.5 cm³/mol. The van der Waals surface area contributed by atoms with Crippen LogP contribution in [0.15, 0.2) is 0 Å². The molecule has 2 atom stereocenters. The van der Waals surface area contributed by atoms with Crippen molar-refractivity contribution in [2.45, 2.75) is 58.4 Å². The van der Waals surface area contributed by atoms with Crippen LogP contribution >= 0.6 is 12.6 Å². The van der Waals surface area contributed by atoms with Crippen molar-refractivity contribution < 1.29 is 4.79 Å². The van der Waals surface area contributed by atoms with Gasteiger partial charge in [0, 0.05) is 6.04 Å². The third-order valence-electron chi connectivity index (χ3n) is 2.78. The number of hydrogen-bond acceptors (Lipinski definition) is 3. The van der Waals surface area contributed by atoms with Crippen molar-refractivity contribution in [2.24, 2.45) is 11.7 Å². The van der Waals surface area contributed by atoms with Gasteiger partial charge in [-0.3, -0.25) is 4.79 Å². The average Bonchev–Trinajstić information content (AvgIpc) is 2.34. The van der Waals surface area contributed by atoms with Crippen molar-refractivity contribution >= 4 is 19.0 Å². The predicted octanol–water partition coefficient (Wildman–Crippen LogP) is 2.60. The maximum Gasteiger partial charge on any atom is 0.207 e. The Bertz CT molecular complexity index is 154. The molecule has 0 heterocycles. The highest BCUT2D eigenvalue weighted by Crippen LogP contribution is 2.27. The minimum Gasteiger partial charge on any atom is -0.356 e. The first kappa shape index (κ1) is 19.1. The molecule has 0 bridgehead atoms. The zero-order valence-corrected chi connectivity index (χ0v) is 12.5. The van der Waals surface area contributed by atoms with Crippen LogP contribution in [-0.2, 0) is 4.79 Å². The molecule has 0 spiro atoms. The zero-order valence-electron chi connectivity index (χ0n) is 11.6. The maximum atomic E-state index is 10.2. The van der Waals surface area contributed by atoms with Crippen LogP contribution in [0.2, 0.25) is 0 Å². The summed E-state index contributed by atoms with van der Waals surface area (Å²) in [6.07, 6.45) is 8.49. The minimum absolute atomic E-state index is 0.466. The van der Waals surface area contributed by atoms with Gasteiger partial charge < -0.3 is 11.1 Å². The highest BCUT2D eigenvalue weighted by Gasteiger charge is 2.20. The SMILES string of the molecule is CCCC1CCCC(NC=O)C1.CCS.CN. The lowest BCUT2D eigenvalue weighted by atomic mass is 9.83. The molecule has 2 unspecified atom stereocenters. The Balaban J connectivity index is 0. The first-order valence-electron chi connectivity index (χ1n) is 6.66. The van der Waals surface area contributed by atoms with Crippen LogP contribution in [0.4, 0.5) is 0 Å². The molecule has 1 saturated carbocycles. The molecule has 3 N–H and O–H groups in total. The number of carbonyl (C=O) groups is 1. The Morgan fingerprint density at radius 2 is 1.94 bits per heavy atom. The number of thiol groups is 1. The van der Waals surface area contributed by atoms with Crippen LogP contribution in [0, 0.1) is 5.92 Å². The molecule has 0 radical (unpaired) electrons. The summed E-state index contributed by atoms with van der Waals surface area (Å²) in [7, 11) is 1.50. The van der Waals surface area contributed by atoms with E-state index in [1.165, 1.54) is 45.6 Å². The van der Waals surface area contributed by atoms with Gasteiger partial charge >= 0.3 is 0 Å². The van der Waals surface area contributed by atoms with Gasteiger partial charge in [0.2, 0.25) is 6.41 Å². The summed E-state index contributed by atoms with van der Waals surface area (Å²) >= 11 is 3.79. The summed E-state index contributed by atoms with van der Waals surface area (Å²) in [5.41, 5.74) is 4.50. The van der Waals surface area contributed by atoms with E-state index in [4.69, 9.17) is 0 Å². The molecular weight excluding hydrogens is 232 g/mol. The Kier molecular flexibility index (Phi) is 17.8. The van der Waals surface area contributed by atoms with E-state index in [0.29, 0.717) is 6.04 Å². The molecule has 1 amide bonds. The van der Waals surface area contributed by atoms with Gasteiger partial charge in [0.15, 0.2) is 0 Å². The van der Waals surface area contributed by atoms with E-state index in [2.05, 4.69) is 30.6 Å². The maximum absolute atomic E-state index is 10.2. The van der Waals surface area contributed by atoms with Crippen LogP contribution in [0.5, 0.6) is 0 Å². The fourth-order valence-corrected chi connectivity index (χ4v) is 2.21. The van der Waals surface area contributed by atoms with Crippen molar-refractivity contribution in [1.82, 2.24) is 5.32 Å². The fourth-order valence-electron chi connectivity index (χ4n) is 2.21. The second-order valence-corrected chi connectivity index (χ2v) is 4.75. The van der Waals surface area contributed by atoms with Gasteiger partial charge in [-0.25, -0.2) is 0 Å². The number of carbonyl (C=O) groups excluding carboxylic acids is 1. The van der Waals surface area contributed by atoms with Crippen LogP contribution in [-0.4, -0.2) is 25.3 Å². The Labute approximate surface area is 112 Å². The van der Waals surface area contributed by atoms with Gasteiger partial charge in [0.05, 0.1) is 0 Å². The molecule has 1 rings (SSSR count). The molecular formula is C13H30N2OS. The number of nitrogens with one attached hydrogen (secondary N) is 1. The monoisotopic (exact) mass is 262 g/mol. The Hall–Kier alpha value is -0.220. The molecule has 1 aliphatic rings. The molecule has 104 valence electrons. The largest absolute Gasteiger partial charge is 0.356 e. The first-order chi connectivity index (χ1) is 8.28. The Morgan fingerprint density at radius 3 is 2.41 bits per heavy atom. The van der Waals surface area contributed by atoms with Gasteiger partial charge in [0.25, 0.3) is 0 Å². The van der Waals surface area contributed by atoms with E-state index < -0.39 is 0 Å². The van der Waals surface area contributed by atoms with E-state index in [0.717, 1.165) is 18.1 Å². The summed E-state index contributed by atoms with van der Waals surface area (Å²) in [6.45, 7) is 4.22. The molecule has 0 aliphatic heterocycles. The van der Waals surface area contributed by atoms with Gasteiger partial charge in [-0.05, 0) is 31.6 Å². The average molecular weight is 262 g/mol. The molecule has 0 aromatic rings. The summed E-state index contributed by atoms with van der Waals surface area (Å²) in [5.74, 6) is 1.81. The van der Waals surface area contributed by atoms with Crippen molar-refractivity contribution in [3.8, 4) is 0 Å². The molecule has 0 aromatic carbocycles. The van der Waals surface area contributed by atoms with Gasteiger partial charge in [-0.2, -0.15) is 12.6 Å². The van der Waals surface area contributed by atoms with E-state index >= 15 is 0 Å². The standard InChI is InChI=1S/C10H19NO.C2H6S.CH5N/c1-2-4-9-5-3-6-10(7-9)11-8-12;1-2-3;1-2/h8-10H,2-7H2,1H3,(H,11,12);3H,2H2,1H3;2H2,1H3. The van der Waals surface area contributed by atoms with E-state index in [1.54, 1.807) is 0 Å². The van der Waals surface area contributed by atoms with Crippen molar-refractivity contribution in [3.63, 3.8) is 0 Å². The third-order valence-corrected chi connectivity index (χ3v) is 2.78.